The lowest BCUT2D eigenvalue weighted by atomic mass is 9.93. The predicted octanol–water partition coefficient (Wildman–Crippen LogP) is 4.71. The fourth-order valence-electron chi connectivity index (χ4n) is 4.28. The van der Waals surface area contributed by atoms with Crippen LogP contribution in [0, 0.1) is 5.92 Å². The Labute approximate surface area is 153 Å². The molecule has 25 heavy (non-hydrogen) atoms. The molecule has 134 valence electrons. The number of hydrogen-bond donors (Lipinski definition) is 0. The number of hydrogen-bond acceptors (Lipinski definition) is 2. The topological polar surface area (TPSA) is 18.5 Å². The Morgan fingerprint density at radius 2 is 1.52 bits per heavy atom. The molecule has 0 bridgehead atoms. The molecule has 1 aliphatic heterocycles. The van der Waals surface area contributed by atoms with Crippen molar-refractivity contribution in [2.45, 2.75) is 51.3 Å². The second kappa shape index (κ2) is 7.06. The summed E-state index contributed by atoms with van der Waals surface area (Å²) in [6.45, 7) is 11.9. The molecule has 1 aliphatic rings. The summed E-state index contributed by atoms with van der Waals surface area (Å²) in [6, 6.07) is 21.9. The number of benzene rings is 2. The molecule has 2 aromatic carbocycles. The van der Waals surface area contributed by atoms with Crippen molar-refractivity contribution in [3.63, 3.8) is 0 Å². The molecule has 0 N–H and O–H groups in total. The van der Waals surface area contributed by atoms with E-state index in [1.807, 2.05) is 13.8 Å². The van der Waals surface area contributed by atoms with E-state index in [9.17, 15) is 0 Å². The highest BCUT2D eigenvalue weighted by atomic mass is 28.3. The highest BCUT2D eigenvalue weighted by Gasteiger charge is 2.46. The summed E-state index contributed by atoms with van der Waals surface area (Å²) in [5.41, 5.74) is 1.86. The summed E-state index contributed by atoms with van der Waals surface area (Å²) in [6.07, 6.45) is 0.171. The maximum absolute atomic E-state index is 6.22. The van der Waals surface area contributed by atoms with Crippen LogP contribution < -0.4 is 5.19 Å². The average molecular weight is 355 g/mol. The van der Waals surface area contributed by atoms with E-state index < -0.39 is 13.9 Å². The molecule has 0 radical (unpaired) electrons. The minimum Gasteiger partial charge on any atom is -0.350 e. The van der Waals surface area contributed by atoms with Gasteiger partial charge in [0.2, 0.25) is 0 Å². The van der Waals surface area contributed by atoms with Gasteiger partial charge in [-0.05, 0) is 31.9 Å². The lowest BCUT2D eigenvalue weighted by Crippen LogP contribution is -2.56. The van der Waals surface area contributed by atoms with Crippen LogP contribution in [0.2, 0.25) is 13.1 Å². The average Bonchev–Trinajstić information content (AvgIpc) is 2.58. The fraction of sp³-hybridized carbons (Fsp3) is 0.455. The third-order valence-electron chi connectivity index (χ3n) is 5.58. The Bertz CT molecular complexity index is 682. The van der Waals surface area contributed by atoms with Gasteiger partial charge in [0.05, 0.1) is 20.8 Å². The molecular formula is C22H30O2Si. The first-order valence-corrected chi connectivity index (χ1v) is 12.3. The van der Waals surface area contributed by atoms with Crippen molar-refractivity contribution in [3.8, 4) is 0 Å². The van der Waals surface area contributed by atoms with Gasteiger partial charge >= 0.3 is 0 Å². The second-order valence-electron chi connectivity index (χ2n) is 8.17. The summed E-state index contributed by atoms with van der Waals surface area (Å²) >= 11 is 0. The first-order valence-electron chi connectivity index (χ1n) is 9.23. The quantitative estimate of drug-likeness (QED) is 0.740. The van der Waals surface area contributed by atoms with Gasteiger partial charge in [-0.3, -0.25) is 0 Å². The summed E-state index contributed by atoms with van der Waals surface area (Å²) < 4.78 is 12.3. The number of ether oxygens (including phenoxy) is 2. The molecule has 0 spiro atoms. The first kappa shape index (κ1) is 18.4. The normalized spacial score (nSPS) is 24.7. The van der Waals surface area contributed by atoms with Crippen molar-refractivity contribution in [2.75, 3.05) is 6.61 Å². The van der Waals surface area contributed by atoms with Crippen LogP contribution in [0.15, 0.2) is 60.7 Å². The second-order valence-corrected chi connectivity index (χ2v) is 12.8. The van der Waals surface area contributed by atoms with E-state index in [-0.39, 0.29) is 6.10 Å². The SMILES string of the molecule is C[C@@H]1OC(C)(C)OC[C@@H]1[C@H](c1ccccc1)[Si](C)(C)c1ccccc1. The van der Waals surface area contributed by atoms with Crippen LogP contribution in [0.3, 0.4) is 0 Å². The molecular weight excluding hydrogens is 324 g/mol. The molecule has 2 aromatic rings. The third kappa shape index (κ3) is 3.89. The van der Waals surface area contributed by atoms with E-state index in [0.29, 0.717) is 11.5 Å². The van der Waals surface area contributed by atoms with Gasteiger partial charge in [-0.2, -0.15) is 0 Å². The zero-order chi connectivity index (χ0) is 18.1. The van der Waals surface area contributed by atoms with E-state index in [0.717, 1.165) is 6.61 Å². The minimum absolute atomic E-state index is 0.171. The van der Waals surface area contributed by atoms with Crippen molar-refractivity contribution in [1.82, 2.24) is 0 Å². The fourth-order valence-corrected chi connectivity index (χ4v) is 8.15. The Morgan fingerprint density at radius 1 is 0.960 bits per heavy atom. The van der Waals surface area contributed by atoms with Crippen LogP contribution in [0.4, 0.5) is 0 Å². The van der Waals surface area contributed by atoms with Gasteiger partial charge in [0.1, 0.15) is 0 Å². The van der Waals surface area contributed by atoms with Crippen LogP contribution in [0.5, 0.6) is 0 Å². The van der Waals surface area contributed by atoms with Crippen molar-refractivity contribution < 1.29 is 9.47 Å². The zero-order valence-electron chi connectivity index (χ0n) is 16.0. The highest BCUT2D eigenvalue weighted by molar-refractivity contribution is 6.91. The van der Waals surface area contributed by atoms with Crippen molar-refractivity contribution in [3.05, 3.63) is 66.2 Å². The van der Waals surface area contributed by atoms with Crippen LogP contribution in [0.1, 0.15) is 31.9 Å². The standard InChI is InChI=1S/C22H30O2Si/c1-17-20(16-23-22(2,3)24-17)21(18-12-8-6-9-13-18)25(4,5)19-14-10-7-11-15-19/h6-15,17,20-21H,16H2,1-5H3/t17-,20-,21-/m0/s1. The Balaban J connectivity index is 2.02. The number of rotatable bonds is 4. The molecule has 0 aliphatic carbocycles. The monoisotopic (exact) mass is 354 g/mol. The Hall–Kier alpha value is -1.42. The van der Waals surface area contributed by atoms with Gasteiger partial charge in [-0.15, -0.1) is 0 Å². The molecule has 3 heteroatoms. The minimum atomic E-state index is -1.79. The van der Waals surface area contributed by atoms with E-state index in [1.165, 1.54) is 10.8 Å². The molecule has 0 aromatic heterocycles. The molecule has 2 nitrogen and oxygen atoms in total. The zero-order valence-corrected chi connectivity index (χ0v) is 17.0. The summed E-state index contributed by atoms with van der Waals surface area (Å²) in [4.78, 5) is 0. The van der Waals surface area contributed by atoms with E-state index in [1.54, 1.807) is 0 Å². The van der Waals surface area contributed by atoms with Gasteiger partial charge in [-0.1, -0.05) is 78.9 Å². The smallest absolute Gasteiger partial charge is 0.163 e. The molecule has 0 unspecified atom stereocenters. The van der Waals surface area contributed by atoms with Gasteiger partial charge in [0.15, 0.2) is 5.79 Å². The van der Waals surface area contributed by atoms with Crippen LogP contribution in [-0.4, -0.2) is 26.6 Å². The maximum atomic E-state index is 6.22. The highest BCUT2D eigenvalue weighted by Crippen LogP contribution is 2.40. The summed E-state index contributed by atoms with van der Waals surface area (Å²) in [7, 11) is -1.79. The Morgan fingerprint density at radius 3 is 2.08 bits per heavy atom. The maximum Gasteiger partial charge on any atom is 0.163 e. The van der Waals surface area contributed by atoms with E-state index in [4.69, 9.17) is 9.47 Å². The largest absolute Gasteiger partial charge is 0.350 e. The van der Waals surface area contributed by atoms with Crippen molar-refractivity contribution in [1.29, 1.82) is 0 Å². The molecule has 0 saturated carbocycles. The molecule has 1 fully saturated rings. The predicted molar refractivity (Wildman–Crippen MR) is 107 cm³/mol. The molecule has 1 heterocycles. The van der Waals surface area contributed by atoms with Crippen molar-refractivity contribution >= 4 is 13.3 Å². The van der Waals surface area contributed by atoms with E-state index >= 15 is 0 Å². The summed E-state index contributed by atoms with van der Waals surface area (Å²) in [5, 5.41) is 1.49. The van der Waals surface area contributed by atoms with Gasteiger partial charge in [0.25, 0.3) is 0 Å². The van der Waals surface area contributed by atoms with Gasteiger partial charge in [-0.25, -0.2) is 0 Å². The third-order valence-corrected chi connectivity index (χ3v) is 9.72. The van der Waals surface area contributed by atoms with Crippen LogP contribution >= 0.6 is 0 Å². The molecule has 1 saturated heterocycles. The van der Waals surface area contributed by atoms with Crippen LogP contribution in [0.25, 0.3) is 0 Å². The Kier molecular flexibility index (Phi) is 5.19. The lowest BCUT2D eigenvalue weighted by Gasteiger charge is -2.47. The first-order chi connectivity index (χ1) is 11.8. The van der Waals surface area contributed by atoms with Gasteiger partial charge < -0.3 is 9.47 Å². The molecule has 3 atom stereocenters. The summed E-state index contributed by atoms with van der Waals surface area (Å²) in [5.74, 6) is -0.132. The lowest BCUT2D eigenvalue weighted by molar-refractivity contribution is -0.289. The van der Waals surface area contributed by atoms with Gasteiger partial charge in [0, 0.05) is 5.92 Å². The molecule has 0 amide bonds. The van der Waals surface area contributed by atoms with Crippen molar-refractivity contribution in [2.24, 2.45) is 5.92 Å². The van der Waals surface area contributed by atoms with Crippen LogP contribution in [-0.2, 0) is 9.47 Å². The van der Waals surface area contributed by atoms with E-state index in [2.05, 4.69) is 80.7 Å². The molecule has 3 rings (SSSR count).